The molecule has 1 amide bonds. The Morgan fingerprint density at radius 2 is 1.94 bits per heavy atom. The minimum atomic E-state index is -0.274. The SMILES string of the molecule is C[C@@H](NC(=O)CSc1nc2ccsc2c(=O)n1Cc1ccccc1)c1cc2ccccc2o1. The van der Waals surface area contributed by atoms with Gasteiger partial charge in [0.25, 0.3) is 5.56 Å². The maximum atomic E-state index is 13.1. The fourth-order valence-corrected chi connectivity index (χ4v) is 5.23. The van der Waals surface area contributed by atoms with Crippen LogP contribution in [0.5, 0.6) is 0 Å². The van der Waals surface area contributed by atoms with Crippen LogP contribution in [0.3, 0.4) is 0 Å². The monoisotopic (exact) mass is 475 g/mol. The quantitative estimate of drug-likeness (QED) is 0.258. The summed E-state index contributed by atoms with van der Waals surface area (Å²) in [6.45, 7) is 2.29. The van der Waals surface area contributed by atoms with Crippen LogP contribution in [0, 0.1) is 0 Å². The van der Waals surface area contributed by atoms with Gasteiger partial charge in [-0.1, -0.05) is 60.3 Å². The third kappa shape index (κ3) is 4.58. The average Bonchev–Trinajstić information content (AvgIpc) is 3.47. The summed E-state index contributed by atoms with van der Waals surface area (Å²) in [6.07, 6.45) is 0. The predicted molar refractivity (Wildman–Crippen MR) is 133 cm³/mol. The molecule has 1 atom stereocenters. The van der Waals surface area contributed by atoms with E-state index in [1.165, 1.54) is 23.1 Å². The fourth-order valence-electron chi connectivity index (χ4n) is 3.64. The van der Waals surface area contributed by atoms with Crippen molar-refractivity contribution in [2.24, 2.45) is 0 Å². The minimum absolute atomic E-state index is 0.0857. The molecule has 0 aliphatic rings. The van der Waals surface area contributed by atoms with E-state index in [1.54, 1.807) is 4.57 Å². The number of furan rings is 1. The Balaban J connectivity index is 1.33. The highest BCUT2D eigenvalue weighted by molar-refractivity contribution is 7.99. The highest BCUT2D eigenvalue weighted by Gasteiger charge is 2.17. The molecule has 2 aromatic carbocycles. The first-order valence-electron chi connectivity index (χ1n) is 10.5. The number of nitrogens with one attached hydrogen (secondary N) is 1. The molecule has 0 bridgehead atoms. The van der Waals surface area contributed by atoms with Gasteiger partial charge in [0.1, 0.15) is 16.0 Å². The molecule has 0 radical (unpaired) electrons. The van der Waals surface area contributed by atoms with Crippen LogP contribution in [-0.4, -0.2) is 21.2 Å². The van der Waals surface area contributed by atoms with Crippen LogP contribution in [0.25, 0.3) is 21.2 Å². The Bertz CT molecular complexity index is 1450. The maximum Gasteiger partial charge on any atom is 0.272 e. The zero-order chi connectivity index (χ0) is 22.8. The number of nitrogens with zero attached hydrogens (tertiary/aromatic N) is 2. The van der Waals surface area contributed by atoms with Gasteiger partial charge in [-0.15, -0.1) is 11.3 Å². The van der Waals surface area contributed by atoms with E-state index in [0.717, 1.165) is 16.5 Å². The molecule has 0 saturated heterocycles. The molecule has 5 rings (SSSR count). The van der Waals surface area contributed by atoms with Gasteiger partial charge in [-0.05, 0) is 36.1 Å². The lowest BCUT2D eigenvalue weighted by Gasteiger charge is -2.14. The molecule has 3 heterocycles. The predicted octanol–water partition coefficient (Wildman–Crippen LogP) is 5.22. The van der Waals surface area contributed by atoms with Crippen molar-refractivity contribution in [2.45, 2.75) is 24.7 Å². The minimum Gasteiger partial charge on any atom is -0.459 e. The van der Waals surface area contributed by atoms with Crippen molar-refractivity contribution in [1.29, 1.82) is 0 Å². The summed E-state index contributed by atoms with van der Waals surface area (Å²) in [5.41, 5.74) is 2.37. The Morgan fingerprint density at radius 3 is 2.76 bits per heavy atom. The van der Waals surface area contributed by atoms with Crippen molar-refractivity contribution in [3.05, 3.63) is 93.8 Å². The van der Waals surface area contributed by atoms with E-state index >= 15 is 0 Å². The van der Waals surface area contributed by atoms with Gasteiger partial charge in [-0.25, -0.2) is 4.98 Å². The summed E-state index contributed by atoms with van der Waals surface area (Å²) < 4.78 is 8.13. The number of benzene rings is 2. The number of hydrogen-bond donors (Lipinski definition) is 1. The van der Waals surface area contributed by atoms with E-state index < -0.39 is 0 Å². The molecule has 3 aromatic heterocycles. The second-order valence-electron chi connectivity index (χ2n) is 7.67. The van der Waals surface area contributed by atoms with Gasteiger partial charge in [-0.2, -0.15) is 0 Å². The molecular formula is C25H21N3O3S2. The summed E-state index contributed by atoms with van der Waals surface area (Å²) in [4.78, 5) is 30.5. The zero-order valence-corrected chi connectivity index (χ0v) is 19.5. The largest absolute Gasteiger partial charge is 0.459 e. The lowest BCUT2D eigenvalue weighted by atomic mass is 10.2. The number of carbonyl (C=O) groups excluding carboxylic acids is 1. The number of fused-ring (bicyclic) bond motifs is 2. The lowest BCUT2D eigenvalue weighted by molar-refractivity contribution is -0.119. The van der Waals surface area contributed by atoms with Crippen molar-refractivity contribution in [3.8, 4) is 0 Å². The smallest absolute Gasteiger partial charge is 0.272 e. The summed E-state index contributed by atoms with van der Waals surface area (Å²) in [5, 5.41) is 6.37. The molecule has 0 aliphatic heterocycles. The van der Waals surface area contributed by atoms with Gasteiger partial charge in [0, 0.05) is 5.39 Å². The second-order valence-corrected chi connectivity index (χ2v) is 9.53. The summed E-state index contributed by atoms with van der Waals surface area (Å²) in [5.74, 6) is 0.689. The number of amides is 1. The molecule has 33 heavy (non-hydrogen) atoms. The van der Waals surface area contributed by atoms with Gasteiger partial charge in [-0.3, -0.25) is 14.2 Å². The molecule has 6 nitrogen and oxygen atoms in total. The number of rotatable bonds is 7. The summed E-state index contributed by atoms with van der Waals surface area (Å²) >= 11 is 2.65. The number of thioether (sulfide) groups is 1. The number of hydrogen-bond acceptors (Lipinski definition) is 6. The normalized spacial score (nSPS) is 12.3. The van der Waals surface area contributed by atoms with E-state index in [-0.39, 0.29) is 23.3 Å². The second kappa shape index (κ2) is 9.25. The molecule has 8 heteroatoms. The van der Waals surface area contributed by atoms with Gasteiger partial charge in [0.15, 0.2) is 5.16 Å². The van der Waals surface area contributed by atoms with Crippen molar-refractivity contribution in [1.82, 2.24) is 14.9 Å². The van der Waals surface area contributed by atoms with Crippen LogP contribution in [-0.2, 0) is 11.3 Å². The molecule has 0 aliphatic carbocycles. The maximum absolute atomic E-state index is 13.1. The first-order valence-corrected chi connectivity index (χ1v) is 12.4. The van der Waals surface area contributed by atoms with Gasteiger partial charge < -0.3 is 9.73 Å². The molecule has 0 fully saturated rings. The van der Waals surface area contributed by atoms with Gasteiger partial charge in [0.05, 0.1) is 23.9 Å². The first-order chi connectivity index (χ1) is 16.1. The summed E-state index contributed by atoms with van der Waals surface area (Å²) in [6, 6.07) is 21.0. The van der Waals surface area contributed by atoms with Crippen molar-refractivity contribution in [2.75, 3.05) is 5.75 Å². The van der Waals surface area contributed by atoms with E-state index in [4.69, 9.17) is 4.42 Å². The summed E-state index contributed by atoms with van der Waals surface area (Å²) in [7, 11) is 0. The Kier molecular flexibility index (Phi) is 6.02. The number of aromatic nitrogens is 2. The van der Waals surface area contributed by atoms with Crippen molar-refractivity contribution < 1.29 is 9.21 Å². The number of thiophene rings is 1. The Labute approximate surface area is 198 Å². The van der Waals surface area contributed by atoms with Crippen LogP contribution in [0.2, 0.25) is 0 Å². The molecule has 0 spiro atoms. The Morgan fingerprint density at radius 1 is 1.15 bits per heavy atom. The standard InChI is InChI=1S/C25H21N3O3S2/c1-16(21-13-18-9-5-6-10-20(18)31-21)26-22(29)15-33-25-27-19-11-12-32-23(19)24(30)28(25)14-17-7-3-2-4-8-17/h2-13,16H,14-15H2,1H3,(H,26,29)/t16-/m1/s1. The zero-order valence-electron chi connectivity index (χ0n) is 17.9. The van der Waals surface area contributed by atoms with Crippen LogP contribution in [0.4, 0.5) is 0 Å². The fraction of sp³-hybridized carbons (Fsp3) is 0.160. The van der Waals surface area contributed by atoms with Crippen LogP contribution >= 0.6 is 23.1 Å². The average molecular weight is 476 g/mol. The van der Waals surface area contributed by atoms with E-state index in [2.05, 4.69) is 10.3 Å². The topological polar surface area (TPSA) is 77.1 Å². The number of carbonyl (C=O) groups is 1. The number of para-hydroxylation sites is 1. The third-order valence-corrected chi connectivity index (χ3v) is 7.16. The van der Waals surface area contributed by atoms with Crippen LogP contribution in [0.1, 0.15) is 24.3 Å². The van der Waals surface area contributed by atoms with Crippen molar-refractivity contribution >= 4 is 50.2 Å². The molecule has 5 aromatic rings. The van der Waals surface area contributed by atoms with Crippen LogP contribution < -0.4 is 10.9 Å². The first kappa shape index (κ1) is 21.5. The van der Waals surface area contributed by atoms with E-state index in [9.17, 15) is 9.59 Å². The molecule has 0 saturated carbocycles. The molecule has 1 N–H and O–H groups in total. The van der Waals surface area contributed by atoms with E-state index in [1.807, 2.05) is 79.0 Å². The highest BCUT2D eigenvalue weighted by atomic mass is 32.2. The highest BCUT2D eigenvalue weighted by Crippen LogP contribution is 2.25. The Hall–Kier alpha value is -3.36. The molecule has 166 valence electrons. The molecule has 0 unspecified atom stereocenters. The van der Waals surface area contributed by atoms with E-state index in [0.29, 0.717) is 27.7 Å². The van der Waals surface area contributed by atoms with Gasteiger partial charge in [0.2, 0.25) is 5.91 Å². The van der Waals surface area contributed by atoms with Crippen molar-refractivity contribution in [3.63, 3.8) is 0 Å². The lowest BCUT2D eigenvalue weighted by Crippen LogP contribution is -2.29. The third-order valence-electron chi connectivity index (χ3n) is 5.30. The molecular weight excluding hydrogens is 454 g/mol. The van der Waals surface area contributed by atoms with Gasteiger partial charge >= 0.3 is 0 Å². The van der Waals surface area contributed by atoms with Crippen LogP contribution in [0.15, 0.2) is 86.5 Å².